The first-order valence-electron chi connectivity index (χ1n) is 6.35. The van der Waals surface area contributed by atoms with Crippen LogP contribution in [0, 0.1) is 5.92 Å². The summed E-state index contributed by atoms with van der Waals surface area (Å²) in [6.07, 6.45) is -0.153. The second kappa shape index (κ2) is 5.74. The highest BCUT2D eigenvalue weighted by Crippen LogP contribution is 2.23. The molecule has 2 aromatic rings. The van der Waals surface area contributed by atoms with Crippen LogP contribution in [0.5, 0.6) is 5.75 Å². The number of ether oxygens (including phenoxy) is 1. The highest BCUT2D eigenvalue weighted by Gasteiger charge is 2.18. The van der Waals surface area contributed by atoms with Crippen LogP contribution in [0.1, 0.15) is 23.7 Å². The number of hydrogen-bond acceptors (Lipinski definition) is 3. The molecule has 4 nitrogen and oxygen atoms in total. The van der Waals surface area contributed by atoms with Gasteiger partial charge in [0.2, 0.25) is 0 Å². The number of carboxylic acid groups (broad SMARTS) is 1. The van der Waals surface area contributed by atoms with Gasteiger partial charge in [0.05, 0.1) is 13.5 Å². The molecule has 0 spiro atoms. The molecule has 4 heteroatoms. The van der Waals surface area contributed by atoms with Gasteiger partial charge in [0.25, 0.3) is 0 Å². The minimum absolute atomic E-state index is 0.148. The Bertz CT molecular complexity index is 661. The van der Waals surface area contributed by atoms with Crippen LogP contribution in [0.2, 0.25) is 0 Å². The number of rotatable bonds is 5. The molecule has 0 radical (unpaired) electrons. The second-order valence-corrected chi connectivity index (χ2v) is 4.79. The van der Waals surface area contributed by atoms with Crippen LogP contribution in [0.15, 0.2) is 36.4 Å². The van der Waals surface area contributed by atoms with Crippen LogP contribution in [-0.4, -0.2) is 24.0 Å². The molecule has 1 N–H and O–H groups in total. The molecule has 0 saturated carbocycles. The van der Waals surface area contributed by atoms with E-state index in [4.69, 9.17) is 9.84 Å². The summed E-state index contributed by atoms with van der Waals surface area (Å²) in [5.41, 5.74) is 0.538. The first-order chi connectivity index (χ1) is 9.51. The van der Waals surface area contributed by atoms with Gasteiger partial charge in [-0.25, -0.2) is 0 Å². The van der Waals surface area contributed by atoms with Crippen LogP contribution in [0.3, 0.4) is 0 Å². The normalized spacial score (nSPS) is 12.1. The third-order valence-corrected chi connectivity index (χ3v) is 3.26. The zero-order valence-corrected chi connectivity index (χ0v) is 11.4. The summed E-state index contributed by atoms with van der Waals surface area (Å²) < 4.78 is 5.15. The topological polar surface area (TPSA) is 63.6 Å². The molecule has 0 aliphatic heterocycles. The molecule has 0 saturated heterocycles. The van der Waals surface area contributed by atoms with Crippen molar-refractivity contribution in [2.45, 2.75) is 13.3 Å². The fourth-order valence-corrected chi connectivity index (χ4v) is 2.14. The van der Waals surface area contributed by atoms with E-state index in [0.29, 0.717) is 5.56 Å². The van der Waals surface area contributed by atoms with E-state index in [1.54, 1.807) is 26.2 Å². The fraction of sp³-hybridized carbons (Fsp3) is 0.250. The van der Waals surface area contributed by atoms with Gasteiger partial charge >= 0.3 is 5.97 Å². The lowest BCUT2D eigenvalue weighted by Gasteiger charge is -2.09. The zero-order chi connectivity index (χ0) is 14.7. The van der Waals surface area contributed by atoms with Gasteiger partial charge in [0, 0.05) is 11.5 Å². The monoisotopic (exact) mass is 272 g/mol. The van der Waals surface area contributed by atoms with E-state index >= 15 is 0 Å². The molecule has 104 valence electrons. The van der Waals surface area contributed by atoms with Crippen molar-refractivity contribution in [3.63, 3.8) is 0 Å². The Labute approximate surface area is 117 Å². The largest absolute Gasteiger partial charge is 0.497 e. The van der Waals surface area contributed by atoms with Crippen molar-refractivity contribution >= 4 is 22.5 Å². The summed E-state index contributed by atoms with van der Waals surface area (Å²) in [5, 5.41) is 10.7. The molecule has 0 amide bonds. The third-order valence-electron chi connectivity index (χ3n) is 3.26. The number of fused-ring (bicyclic) bond motifs is 1. The minimum atomic E-state index is -0.962. The lowest BCUT2D eigenvalue weighted by molar-refractivity contribution is -0.137. The number of Topliss-reactive ketones (excluding diaryl/α,β-unsaturated/α-hetero) is 1. The van der Waals surface area contributed by atoms with E-state index in [9.17, 15) is 9.59 Å². The summed E-state index contributed by atoms with van der Waals surface area (Å²) in [4.78, 5) is 22.8. The lowest BCUT2D eigenvalue weighted by Crippen LogP contribution is -2.15. The van der Waals surface area contributed by atoms with Gasteiger partial charge in [0.1, 0.15) is 5.75 Å². The molecule has 0 aliphatic rings. The predicted octanol–water partition coefficient (Wildman–Crippen LogP) is 3.14. The number of carboxylic acids is 1. The maximum atomic E-state index is 12.2. The Balaban J connectivity index is 2.32. The molecule has 0 aromatic heterocycles. The maximum absolute atomic E-state index is 12.2. The molecule has 1 unspecified atom stereocenters. The van der Waals surface area contributed by atoms with Gasteiger partial charge in [-0.2, -0.15) is 0 Å². The number of carbonyl (C=O) groups excluding carboxylic acids is 1. The second-order valence-electron chi connectivity index (χ2n) is 4.79. The molecule has 0 bridgehead atoms. The standard InChI is InChI=1S/C16H16O4/c1-10(7-15(17)18)16(19)13-4-3-12-9-14(20-2)6-5-11(12)8-13/h3-6,8-10H,7H2,1-2H3,(H,17,18). The van der Waals surface area contributed by atoms with Crippen molar-refractivity contribution in [1.29, 1.82) is 0 Å². The van der Waals surface area contributed by atoms with Gasteiger partial charge in [-0.05, 0) is 29.0 Å². The molecule has 0 fully saturated rings. The molecule has 2 aromatic carbocycles. The lowest BCUT2D eigenvalue weighted by atomic mass is 9.95. The quantitative estimate of drug-likeness (QED) is 0.849. The number of methoxy groups -OCH3 is 1. The average Bonchev–Trinajstić information content (AvgIpc) is 2.44. The smallest absolute Gasteiger partial charge is 0.304 e. The number of aliphatic carboxylic acids is 1. The van der Waals surface area contributed by atoms with Crippen LogP contribution in [0.4, 0.5) is 0 Å². The van der Waals surface area contributed by atoms with Crippen LogP contribution in [0.25, 0.3) is 10.8 Å². The summed E-state index contributed by atoms with van der Waals surface area (Å²) in [6, 6.07) is 11.0. The van der Waals surface area contributed by atoms with Crippen LogP contribution >= 0.6 is 0 Å². The first-order valence-corrected chi connectivity index (χ1v) is 6.35. The summed E-state index contributed by atoms with van der Waals surface area (Å²) >= 11 is 0. The zero-order valence-electron chi connectivity index (χ0n) is 11.4. The SMILES string of the molecule is COc1ccc2cc(C(=O)C(C)CC(=O)O)ccc2c1. The van der Waals surface area contributed by atoms with E-state index in [0.717, 1.165) is 16.5 Å². The molecule has 1 atom stereocenters. The Kier molecular flexibility index (Phi) is 4.03. The van der Waals surface area contributed by atoms with Crippen molar-refractivity contribution in [1.82, 2.24) is 0 Å². The van der Waals surface area contributed by atoms with Crippen LogP contribution in [-0.2, 0) is 4.79 Å². The van der Waals surface area contributed by atoms with Gasteiger partial charge in [-0.1, -0.05) is 25.1 Å². The number of hydrogen-bond donors (Lipinski definition) is 1. The maximum Gasteiger partial charge on any atom is 0.304 e. The van der Waals surface area contributed by atoms with E-state index in [1.807, 2.05) is 24.3 Å². The van der Waals surface area contributed by atoms with E-state index in [-0.39, 0.29) is 12.2 Å². The Morgan fingerprint density at radius 3 is 2.45 bits per heavy atom. The summed E-state index contributed by atoms with van der Waals surface area (Å²) in [7, 11) is 1.60. The highest BCUT2D eigenvalue weighted by molar-refractivity contribution is 6.02. The predicted molar refractivity (Wildman–Crippen MR) is 76.2 cm³/mol. The summed E-state index contributed by atoms with van der Waals surface area (Å²) in [6.45, 7) is 1.63. The average molecular weight is 272 g/mol. The van der Waals surface area contributed by atoms with Gasteiger partial charge in [-0.15, -0.1) is 0 Å². The molecule has 0 aliphatic carbocycles. The number of benzene rings is 2. The minimum Gasteiger partial charge on any atom is -0.497 e. The molecular weight excluding hydrogens is 256 g/mol. The third kappa shape index (κ3) is 2.96. The van der Waals surface area contributed by atoms with E-state index < -0.39 is 11.9 Å². The fourth-order valence-electron chi connectivity index (χ4n) is 2.14. The van der Waals surface area contributed by atoms with Crippen LogP contribution < -0.4 is 4.74 Å². The van der Waals surface area contributed by atoms with Crippen molar-refractivity contribution in [2.24, 2.45) is 5.92 Å². The van der Waals surface area contributed by atoms with Crippen molar-refractivity contribution in [3.05, 3.63) is 42.0 Å². The Hall–Kier alpha value is -2.36. The van der Waals surface area contributed by atoms with Crippen molar-refractivity contribution in [3.8, 4) is 5.75 Å². The van der Waals surface area contributed by atoms with Gasteiger partial charge in [-0.3, -0.25) is 9.59 Å². The highest BCUT2D eigenvalue weighted by atomic mass is 16.5. The number of ketones is 1. The molecular formula is C16H16O4. The van der Waals surface area contributed by atoms with Crippen molar-refractivity contribution in [2.75, 3.05) is 7.11 Å². The Morgan fingerprint density at radius 1 is 1.15 bits per heavy atom. The van der Waals surface area contributed by atoms with Gasteiger partial charge in [0.15, 0.2) is 5.78 Å². The van der Waals surface area contributed by atoms with E-state index in [1.165, 1.54) is 0 Å². The first kappa shape index (κ1) is 14.1. The molecule has 0 heterocycles. The molecule has 20 heavy (non-hydrogen) atoms. The van der Waals surface area contributed by atoms with Crippen molar-refractivity contribution < 1.29 is 19.4 Å². The number of carbonyl (C=O) groups is 2. The Morgan fingerprint density at radius 2 is 1.80 bits per heavy atom. The van der Waals surface area contributed by atoms with E-state index in [2.05, 4.69) is 0 Å². The van der Waals surface area contributed by atoms with Gasteiger partial charge < -0.3 is 9.84 Å². The molecule has 2 rings (SSSR count). The summed E-state index contributed by atoms with van der Waals surface area (Å²) in [5.74, 6) is -0.875.